The number of hydrogen-bond acceptors (Lipinski definition) is 4. The number of carbonyl (C=O) groups is 2. The van der Waals surface area contributed by atoms with Gasteiger partial charge in [0.25, 0.3) is 0 Å². The molecule has 0 fully saturated rings. The number of benzene rings is 2. The molecule has 2 aromatic rings. The molecule has 0 saturated carbocycles. The second-order valence-corrected chi connectivity index (χ2v) is 4.74. The highest BCUT2D eigenvalue weighted by molar-refractivity contribution is 6.29. The van der Waals surface area contributed by atoms with Crippen molar-refractivity contribution in [2.24, 2.45) is 0 Å². The molecule has 4 heteroatoms. The van der Waals surface area contributed by atoms with E-state index in [-0.39, 0.29) is 22.7 Å². The van der Waals surface area contributed by atoms with Crippen LogP contribution in [0.1, 0.15) is 22.8 Å². The minimum absolute atomic E-state index is 0.0201. The molecule has 2 aromatic carbocycles. The van der Waals surface area contributed by atoms with E-state index in [0.717, 1.165) is 5.56 Å². The zero-order chi connectivity index (χ0) is 16.1. The van der Waals surface area contributed by atoms with Crippen molar-refractivity contribution >= 4 is 17.6 Å². The number of methoxy groups -OCH3 is 1. The second-order valence-electron chi connectivity index (χ2n) is 4.74. The van der Waals surface area contributed by atoms with Crippen LogP contribution in [0.25, 0.3) is 6.08 Å². The van der Waals surface area contributed by atoms with E-state index >= 15 is 0 Å². The van der Waals surface area contributed by atoms with Crippen molar-refractivity contribution in [3.8, 4) is 11.5 Å². The van der Waals surface area contributed by atoms with Crippen molar-refractivity contribution in [2.45, 2.75) is 6.92 Å². The Balaban J connectivity index is 2.44. The molecular weight excluding hydrogens is 280 g/mol. The quantitative estimate of drug-likeness (QED) is 0.398. The number of aromatic hydroxyl groups is 1. The molecule has 0 aliphatic rings. The number of ketones is 2. The van der Waals surface area contributed by atoms with E-state index in [9.17, 15) is 14.7 Å². The first-order valence-electron chi connectivity index (χ1n) is 6.72. The van der Waals surface area contributed by atoms with Gasteiger partial charge in [-0.3, -0.25) is 9.59 Å². The molecule has 0 heterocycles. The number of ether oxygens (including phenoxy) is 1. The SMILES string of the molecule is COc1ccc(C(=O)C(=Cc2ccccc2)C(C)=O)c(O)c1. The molecule has 0 aliphatic heterocycles. The summed E-state index contributed by atoms with van der Waals surface area (Å²) in [5, 5.41) is 9.95. The topological polar surface area (TPSA) is 63.6 Å². The van der Waals surface area contributed by atoms with Crippen molar-refractivity contribution in [1.29, 1.82) is 0 Å². The van der Waals surface area contributed by atoms with Crippen LogP contribution in [0.15, 0.2) is 54.1 Å². The molecule has 4 nitrogen and oxygen atoms in total. The first-order valence-corrected chi connectivity index (χ1v) is 6.72. The Morgan fingerprint density at radius 1 is 1.09 bits per heavy atom. The fourth-order valence-corrected chi connectivity index (χ4v) is 2.02. The van der Waals surface area contributed by atoms with Crippen LogP contribution in [0, 0.1) is 0 Å². The number of phenolic OH excluding ortho intramolecular Hbond substituents is 1. The average Bonchev–Trinajstić information content (AvgIpc) is 2.52. The van der Waals surface area contributed by atoms with Gasteiger partial charge in [-0.2, -0.15) is 0 Å². The number of hydrogen-bond donors (Lipinski definition) is 1. The summed E-state index contributed by atoms with van der Waals surface area (Å²) in [5.41, 5.74) is 0.832. The highest BCUT2D eigenvalue weighted by Gasteiger charge is 2.20. The van der Waals surface area contributed by atoms with Gasteiger partial charge in [0.05, 0.1) is 18.2 Å². The first kappa shape index (κ1) is 15.5. The van der Waals surface area contributed by atoms with Crippen LogP contribution in [0.2, 0.25) is 0 Å². The van der Waals surface area contributed by atoms with Crippen LogP contribution in [-0.4, -0.2) is 23.8 Å². The van der Waals surface area contributed by atoms with Gasteiger partial charge in [0, 0.05) is 6.07 Å². The van der Waals surface area contributed by atoms with Gasteiger partial charge in [0.15, 0.2) is 11.6 Å². The standard InChI is InChI=1S/C18H16O4/c1-12(19)16(10-13-6-4-3-5-7-13)18(21)15-9-8-14(22-2)11-17(15)20/h3-11,20H,1-2H3. The molecule has 0 saturated heterocycles. The molecule has 22 heavy (non-hydrogen) atoms. The maximum Gasteiger partial charge on any atom is 0.200 e. The van der Waals surface area contributed by atoms with E-state index in [2.05, 4.69) is 0 Å². The van der Waals surface area contributed by atoms with Gasteiger partial charge in [-0.1, -0.05) is 30.3 Å². The lowest BCUT2D eigenvalue weighted by molar-refractivity contribution is -0.113. The van der Waals surface area contributed by atoms with Gasteiger partial charge >= 0.3 is 0 Å². The number of rotatable bonds is 5. The van der Waals surface area contributed by atoms with Crippen molar-refractivity contribution in [2.75, 3.05) is 7.11 Å². The van der Waals surface area contributed by atoms with E-state index in [4.69, 9.17) is 4.74 Å². The van der Waals surface area contributed by atoms with E-state index in [1.54, 1.807) is 18.2 Å². The van der Waals surface area contributed by atoms with Crippen molar-refractivity contribution < 1.29 is 19.4 Å². The predicted octanol–water partition coefficient (Wildman–Crippen LogP) is 3.26. The molecule has 0 aromatic heterocycles. The Kier molecular flexibility index (Phi) is 4.73. The highest BCUT2D eigenvalue weighted by Crippen LogP contribution is 2.26. The predicted molar refractivity (Wildman–Crippen MR) is 84.1 cm³/mol. The third-order valence-corrected chi connectivity index (χ3v) is 3.18. The minimum Gasteiger partial charge on any atom is -0.507 e. The van der Waals surface area contributed by atoms with Crippen molar-refractivity contribution in [3.05, 3.63) is 65.2 Å². The molecular formula is C18H16O4. The van der Waals surface area contributed by atoms with Gasteiger partial charge in [-0.15, -0.1) is 0 Å². The number of phenols is 1. The molecule has 0 spiro atoms. The number of Topliss-reactive ketones (excluding diaryl/α,β-unsaturated/α-hetero) is 2. The van der Waals surface area contributed by atoms with E-state index in [1.807, 2.05) is 18.2 Å². The molecule has 0 aliphatic carbocycles. The maximum absolute atomic E-state index is 12.5. The van der Waals surface area contributed by atoms with E-state index < -0.39 is 5.78 Å². The molecule has 0 radical (unpaired) electrons. The minimum atomic E-state index is -0.517. The fraction of sp³-hybridized carbons (Fsp3) is 0.111. The van der Waals surface area contributed by atoms with Crippen LogP contribution in [0.3, 0.4) is 0 Å². The largest absolute Gasteiger partial charge is 0.507 e. The summed E-state index contributed by atoms with van der Waals surface area (Å²) in [6.45, 7) is 1.33. The fourth-order valence-electron chi connectivity index (χ4n) is 2.02. The normalized spacial score (nSPS) is 11.1. The van der Waals surface area contributed by atoms with Gasteiger partial charge in [-0.25, -0.2) is 0 Å². The van der Waals surface area contributed by atoms with Crippen molar-refractivity contribution in [1.82, 2.24) is 0 Å². The number of carbonyl (C=O) groups excluding carboxylic acids is 2. The summed E-state index contributed by atoms with van der Waals surface area (Å²) >= 11 is 0. The van der Waals surface area contributed by atoms with Gasteiger partial charge < -0.3 is 9.84 Å². The Labute approximate surface area is 128 Å². The molecule has 0 bridgehead atoms. The molecule has 0 unspecified atom stereocenters. The van der Waals surface area contributed by atoms with E-state index in [0.29, 0.717) is 5.75 Å². The zero-order valence-electron chi connectivity index (χ0n) is 12.4. The second kappa shape index (κ2) is 6.72. The molecule has 112 valence electrons. The summed E-state index contributed by atoms with van der Waals surface area (Å²) in [7, 11) is 1.46. The lowest BCUT2D eigenvalue weighted by Crippen LogP contribution is -2.10. The monoisotopic (exact) mass is 296 g/mol. The maximum atomic E-state index is 12.5. The van der Waals surface area contributed by atoms with Crippen LogP contribution < -0.4 is 4.74 Å². The van der Waals surface area contributed by atoms with Gasteiger partial charge in [0.1, 0.15) is 11.5 Å². The Morgan fingerprint density at radius 2 is 1.77 bits per heavy atom. The van der Waals surface area contributed by atoms with Crippen LogP contribution in [-0.2, 0) is 4.79 Å². The van der Waals surface area contributed by atoms with E-state index in [1.165, 1.54) is 32.2 Å². The Hall–Kier alpha value is -2.88. The van der Waals surface area contributed by atoms with Crippen LogP contribution >= 0.6 is 0 Å². The summed E-state index contributed by atoms with van der Waals surface area (Å²) in [4.78, 5) is 24.3. The average molecular weight is 296 g/mol. The first-order chi connectivity index (χ1) is 10.5. The van der Waals surface area contributed by atoms with Gasteiger partial charge in [-0.05, 0) is 30.7 Å². The lowest BCUT2D eigenvalue weighted by atomic mass is 9.97. The summed E-state index contributed by atoms with van der Waals surface area (Å²) in [6.07, 6.45) is 1.52. The third-order valence-electron chi connectivity index (χ3n) is 3.18. The third kappa shape index (κ3) is 3.41. The zero-order valence-corrected chi connectivity index (χ0v) is 12.4. The summed E-state index contributed by atoms with van der Waals surface area (Å²) < 4.78 is 4.98. The Bertz CT molecular complexity index is 730. The molecule has 0 atom stereocenters. The summed E-state index contributed by atoms with van der Waals surface area (Å²) in [5.74, 6) is -0.657. The van der Waals surface area contributed by atoms with Crippen molar-refractivity contribution in [3.63, 3.8) is 0 Å². The summed E-state index contributed by atoms with van der Waals surface area (Å²) in [6, 6.07) is 13.4. The lowest BCUT2D eigenvalue weighted by Gasteiger charge is -2.07. The molecule has 1 N–H and O–H groups in total. The molecule has 2 rings (SSSR count). The van der Waals surface area contributed by atoms with Crippen LogP contribution in [0.4, 0.5) is 0 Å². The number of allylic oxidation sites excluding steroid dienone is 1. The highest BCUT2D eigenvalue weighted by atomic mass is 16.5. The molecule has 0 amide bonds. The smallest absolute Gasteiger partial charge is 0.200 e. The van der Waals surface area contributed by atoms with Gasteiger partial charge in [0.2, 0.25) is 0 Å². The van der Waals surface area contributed by atoms with Crippen LogP contribution in [0.5, 0.6) is 11.5 Å². The Morgan fingerprint density at radius 3 is 2.32 bits per heavy atom.